The van der Waals surface area contributed by atoms with E-state index in [2.05, 4.69) is 130 Å². The van der Waals surface area contributed by atoms with Gasteiger partial charge in [0.1, 0.15) is 18.3 Å². The zero-order chi connectivity index (χ0) is 38.5. The number of ether oxygens (including phenoxy) is 3. The molecule has 286 valence electrons. The summed E-state index contributed by atoms with van der Waals surface area (Å²) in [7, 11) is -7.30. The van der Waals surface area contributed by atoms with Crippen LogP contribution in [-0.4, -0.2) is 80.1 Å². The summed E-state index contributed by atoms with van der Waals surface area (Å²) in [5.74, 6) is -0.782. The first-order valence-corrected chi connectivity index (χ1v) is 28.0. The van der Waals surface area contributed by atoms with Crippen LogP contribution in [0.1, 0.15) is 92.4 Å². The summed E-state index contributed by atoms with van der Waals surface area (Å²) in [4.78, 5) is 25.6. The molecule has 0 spiro atoms. The van der Waals surface area contributed by atoms with Crippen LogP contribution in [0.2, 0.25) is 54.4 Å². The standard InChI is InChI=1S/C38H67IO8Si3/c1-27(40)42-26-20-23-29-31(44-35(41)28-21-18-17-19-22-28)33(46-49(13,14)37(5,6)7)34(47-50(15,16)38(8,9)10)32(43-29)30(24-25-39)45-48(11,12)36(2,3)4/h17-19,21-22,24-25,29-34H,20,23,26H2,1-16H3/t29?,30-,31?,32?,33?,34?/m0/s1. The molecule has 1 aliphatic heterocycles. The van der Waals surface area contributed by atoms with E-state index in [-0.39, 0.29) is 27.7 Å². The number of carbonyl (C=O) groups excluding carboxylic acids is 2. The van der Waals surface area contributed by atoms with Gasteiger partial charge in [0.25, 0.3) is 0 Å². The molecule has 1 aliphatic rings. The van der Waals surface area contributed by atoms with E-state index < -0.39 is 67.5 Å². The number of hydrogen-bond donors (Lipinski definition) is 0. The molecule has 1 fully saturated rings. The molecule has 0 N–H and O–H groups in total. The SMILES string of the molecule is CC(=O)OCCCC1OC([C@H](C=CI)O[Si](C)(C)C(C)(C)C)C(O[Si](C)(C)C(C)(C)C)C(O[Si](C)(C)C(C)(C)C)C1OC(=O)c1ccccc1. The highest BCUT2D eigenvalue weighted by Crippen LogP contribution is 2.46. The number of esters is 2. The van der Waals surface area contributed by atoms with Crippen LogP contribution in [0, 0.1) is 0 Å². The van der Waals surface area contributed by atoms with Crippen LogP contribution >= 0.6 is 22.6 Å². The van der Waals surface area contributed by atoms with E-state index in [9.17, 15) is 9.59 Å². The van der Waals surface area contributed by atoms with Crippen molar-refractivity contribution >= 4 is 59.5 Å². The summed E-state index contributed by atoms with van der Waals surface area (Å²) < 4.78 is 43.1. The summed E-state index contributed by atoms with van der Waals surface area (Å²) in [5.41, 5.74) is 0.452. The van der Waals surface area contributed by atoms with Crippen molar-refractivity contribution in [1.29, 1.82) is 0 Å². The Bertz CT molecular complexity index is 1280. The maximum atomic E-state index is 13.9. The lowest BCUT2D eigenvalue weighted by molar-refractivity contribution is -0.230. The fraction of sp³-hybridized carbons (Fsp3) is 0.737. The van der Waals surface area contributed by atoms with Gasteiger partial charge in [-0.1, -0.05) is 103 Å². The molecule has 1 heterocycles. The average molecular weight is 863 g/mol. The molecule has 8 nitrogen and oxygen atoms in total. The van der Waals surface area contributed by atoms with Crippen molar-refractivity contribution in [1.82, 2.24) is 0 Å². The van der Waals surface area contributed by atoms with Crippen molar-refractivity contribution in [3.63, 3.8) is 0 Å². The van der Waals surface area contributed by atoms with Crippen molar-refractivity contribution in [3.8, 4) is 0 Å². The molecule has 0 bridgehead atoms. The molecular weight excluding hydrogens is 796 g/mol. The van der Waals surface area contributed by atoms with Crippen molar-refractivity contribution in [2.75, 3.05) is 6.61 Å². The van der Waals surface area contributed by atoms with Gasteiger partial charge in [-0.05, 0) is 89.5 Å². The molecular formula is C38H67IO8Si3. The van der Waals surface area contributed by atoms with Gasteiger partial charge in [0.05, 0.1) is 24.4 Å². The molecule has 5 unspecified atom stereocenters. The molecule has 2 rings (SSSR count). The van der Waals surface area contributed by atoms with Gasteiger partial charge in [-0.3, -0.25) is 4.79 Å². The van der Waals surface area contributed by atoms with Gasteiger partial charge >= 0.3 is 11.9 Å². The van der Waals surface area contributed by atoms with Gasteiger partial charge in [0.15, 0.2) is 31.1 Å². The Labute approximate surface area is 320 Å². The molecule has 0 amide bonds. The summed E-state index contributed by atoms with van der Waals surface area (Å²) in [6.07, 6.45) is -0.576. The Kier molecular flexibility index (Phi) is 15.9. The topological polar surface area (TPSA) is 89.5 Å². The quantitative estimate of drug-likeness (QED) is 0.0791. The summed E-state index contributed by atoms with van der Waals surface area (Å²) in [5, 5.41) is -0.311. The Morgan fingerprint density at radius 2 is 1.30 bits per heavy atom. The van der Waals surface area contributed by atoms with E-state index in [0.29, 0.717) is 18.4 Å². The Balaban J connectivity index is 2.90. The van der Waals surface area contributed by atoms with Crippen LogP contribution in [0.4, 0.5) is 0 Å². The second-order valence-corrected chi connectivity index (χ2v) is 33.2. The van der Waals surface area contributed by atoms with Crippen LogP contribution in [0.5, 0.6) is 0 Å². The minimum atomic E-state index is -2.50. The van der Waals surface area contributed by atoms with Gasteiger partial charge in [0.2, 0.25) is 0 Å². The zero-order valence-electron chi connectivity index (χ0n) is 33.8. The van der Waals surface area contributed by atoms with Gasteiger partial charge in [0, 0.05) is 6.92 Å². The van der Waals surface area contributed by atoms with E-state index in [1.54, 1.807) is 12.1 Å². The lowest BCUT2D eigenvalue weighted by Crippen LogP contribution is -2.68. The molecule has 6 atom stereocenters. The van der Waals surface area contributed by atoms with E-state index in [1.165, 1.54) is 6.92 Å². The molecule has 1 saturated heterocycles. The number of benzene rings is 1. The first-order valence-electron chi connectivity index (χ1n) is 18.0. The first-order chi connectivity index (χ1) is 22.6. The molecule has 0 aliphatic carbocycles. The lowest BCUT2D eigenvalue weighted by Gasteiger charge is -2.54. The monoisotopic (exact) mass is 862 g/mol. The first kappa shape index (κ1) is 45.3. The number of rotatable bonds is 14. The minimum absolute atomic E-state index is 0.0525. The molecule has 0 saturated carbocycles. The zero-order valence-corrected chi connectivity index (χ0v) is 38.9. The predicted molar refractivity (Wildman–Crippen MR) is 220 cm³/mol. The molecule has 1 aromatic carbocycles. The normalized spacial score (nSPS) is 23.5. The summed E-state index contributed by atoms with van der Waals surface area (Å²) in [6.45, 7) is 35.1. The van der Waals surface area contributed by atoms with E-state index >= 15 is 0 Å². The van der Waals surface area contributed by atoms with E-state index in [4.69, 9.17) is 27.5 Å². The molecule has 1 aromatic rings. The number of carbonyl (C=O) groups is 2. The third-order valence-corrected chi connectivity index (χ3v) is 25.0. The third kappa shape index (κ3) is 12.1. The highest BCUT2D eigenvalue weighted by molar-refractivity contribution is 14.1. The van der Waals surface area contributed by atoms with Crippen LogP contribution in [0.15, 0.2) is 40.5 Å². The number of halogens is 1. The maximum Gasteiger partial charge on any atom is 0.338 e. The van der Waals surface area contributed by atoms with Crippen molar-refractivity contribution in [2.24, 2.45) is 0 Å². The second-order valence-electron chi connectivity index (χ2n) is 18.2. The van der Waals surface area contributed by atoms with E-state index in [0.717, 1.165) is 0 Å². The minimum Gasteiger partial charge on any atom is -0.466 e. The smallest absolute Gasteiger partial charge is 0.338 e. The Hall–Kier alpha value is -0.879. The van der Waals surface area contributed by atoms with Gasteiger partial charge in [-0.25, -0.2) is 4.79 Å². The van der Waals surface area contributed by atoms with Gasteiger partial charge in [-0.15, -0.1) is 0 Å². The van der Waals surface area contributed by atoms with Gasteiger partial charge in [-0.2, -0.15) is 0 Å². The molecule has 0 radical (unpaired) electrons. The van der Waals surface area contributed by atoms with E-state index in [1.807, 2.05) is 22.3 Å². The summed E-state index contributed by atoms with van der Waals surface area (Å²) in [6, 6.07) is 9.04. The van der Waals surface area contributed by atoms with Crippen LogP contribution in [-0.2, 0) is 32.3 Å². The highest BCUT2D eigenvalue weighted by Gasteiger charge is 2.57. The molecule has 0 aromatic heterocycles. The fourth-order valence-electron chi connectivity index (χ4n) is 4.95. The fourth-order valence-corrected chi connectivity index (χ4v) is 9.22. The van der Waals surface area contributed by atoms with Crippen LogP contribution in [0.25, 0.3) is 0 Å². The largest absolute Gasteiger partial charge is 0.466 e. The predicted octanol–water partition coefficient (Wildman–Crippen LogP) is 10.4. The maximum absolute atomic E-state index is 13.9. The Morgan fingerprint density at radius 1 is 0.800 bits per heavy atom. The molecule has 50 heavy (non-hydrogen) atoms. The molecule has 12 heteroatoms. The highest BCUT2D eigenvalue weighted by atomic mass is 127. The van der Waals surface area contributed by atoms with Gasteiger partial charge < -0.3 is 27.5 Å². The lowest BCUT2D eigenvalue weighted by atomic mass is 9.90. The second kappa shape index (κ2) is 17.5. The Morgan fingerprint density at radius 3 is 1.76 bits per heavy atom. The van der Waals surface area contributed by atoms with Crippen LogP contribution < -0.4 is 0 Å². The number of hydrogen-bond acceptors (Lipinski definition) is 8. The van der Waals surface area contributed by atoms with Crippen molar-refractivity contribution < 1.29 is 37.1 Å². The van der Waals surface area contributed by atoms with Crippen molar-refractivity contribution in [2.45, 2.75) is 173 Å². The third-order valence-electron chi connectivity index (χ3n) is 11.2. The van der Waals surface area contributed by atoms with Crippen molar-refractivity contribution in [3.05, 3.63) is 46.1 Å². The summed E-state index contributed by atoms with van der Waals surface area (Å²) >= 11 is 2.25. The van der Waals surface area contributed by atoms with Crippen LogP contribution in [0.3, 0.4) is 0 Å². The average Bonchev–Trinajstić information content (AvgIpc) is 2.95.